The molecule has 86 valence electrons. The molecule has 17 heavy (non-hydrogen) atoms. The van der Waals surface area contributed by atoms with Crippen molar-refractivity contribution in [3.63, 3.8) is 0 Å². The first kappa shape index (κ1) is 10.5. The van der Waals surface area contributed by atoms with Crippen LogP contribution >= 0.6 is 11.6 Å². The molecule has 0 saturated carbocycles. The Bertz CT molecular complexity index is 531. The Morgan fingerprint density at radius 1 is 1.29 bits per heavy atom. The Kier molecular flexibility index (Phi) is 2.48. The normalized spacial score (nSPS) is 22.8. The predicted molar refractivity (Wildman–Crippen MR) is 70.4 cm³/mol. The van der Waals surface area contributed by atoms with Gasteiger partial charge in [-0.05, 0) is 12.5 Å². The van der Waals surface area contributed by atoms with E-state index in [9.17, 15) is 0 Å². The number of rotatable bonds is 1. The Hall–Kier alpha value is -1.61. The number of halogens is 1. The first-order valence-corrected chi connectivity index (χ1v) is 5.94. The summed E-state index contributed by atoms with van der Waals surface area (Å²) < 4.78 is 0. The van der Waals surface area contributed by atoms with Crippen LogP contribution in [0.3, 0.4) is 0 Å². The van der Waals surface area contributed by atoms with E-state index in [1.54, 1.807) is 0 Å². The van der Waals surface area contributed by atoms with Gasteiger partial charge in [0.05, 0.1) is 12.6 Å². The average molecular weight is 246 g/mol. The summed E-state index contributed by atoms with van der Waals surface area (Å²) in [5.74, 6) is 1.83. The largest absolute Gasteiger partial charge is 0.312 e. The van der Waals surface area contributed by atoms with Gasteiger partial charge in [-0.15, -0.1) is 0 Å². The summed E-state index contributed by atoms with van der Waals surface area (Å²) in [5, 5.41) is 0.506. The van der Waals surface area contributed by atoms with Crippen LogP contribution in [0.15, 0.2) is 51.5 Å². The van der Waals surface area contributed by atoms with Crippen LogP contribution in [-0.2, 0) is 0 Å². The van der Waals surface area contributed by atoms with E-state index in [0.29, 0.717) is 5.16 Å². The van der Waals surface area contributed by atoms with Crippen LogP contribution in [0, 0.1) is 0 Å². The molecular formula is C13H12ClN3. The van der Waals surface area contributed by atoms with Gasteiger partial charge < -0.3 is 4.90 Å². The highest BCUT2D eigenvalue weighted by atomic mass is 35.5. The third-order valence-electron chi connectivity index (χ3n) is 3.01. The van der Waals surface area contributed by atoms with Crippen LogP contribution < -0.4 is 0 Å². The monoisotopic (exact) mass is 245 g/mol. The first-order chi connectivity index (χ1) is 8.24. The molecule has 0 saturated heterocycles. The van der Waals surface area contributed by atoms with Crippen LogP contribution in [-0.4, -0.2) is 23.1 Å². The third kappa shape index (κ3) is 1.87. The van der Waals surface area contributed by atoms with E-state index in [1.165, 1.54) is 5.56 Å². The van der Waals surface area contributed by atoms with Crippen molar-refractivity contribution >= 4 is 23.3 Å². The van der Waals surface area contributed by atoms with E-state index in [1.807, 2.05) is 31.2 Å². The topological polar surface area (TPSA) is 28.0 Å². The first-order valence-electron chi connectivity index (χ1n) is 5.57. The quantitative estimate of drug-likeness (QED) is 0.699. The fourth-order valence-corrected chi connectivity index (χ4v) is 2.38. The molecule has 1 aromatic rings. The minimum absolute atomic E-state index is 0.176. The van der Waals surface area contributed by atoms with Crippen LogP contribution in [0.2, 0.25) is 0 Å². The van der Waals surface area contributed by atoms with E-state index in [-0.39, 0.29) is 6.04 Å². The number of benzene rings is 1. The van der Waals surface area contributed by atoms with Crippen LogP contribution in [0.25, 0.3) is 0 Å². The van der Waals surface area contributed by atoms with E-state index in [4.69, 9.17) is 11.6 Å². The number of amidine groups is 2. The summed E-state index contributed by atoms with van der Waals surface area (Å²) in [5.41, 5.74) is 1.23. The van der Waals surface area contributed by atoms with Crippen LogP contribution in [0.1, 0.15) is 18.5 Å². The van der Waals surface area contributed by atoms with Crippen molar-refractivity contribution in [2.45, 2.75) is 13.0 Å². The summed E-state index contributed by atoms with van der Waals surface area (Å²) in [4.78, 5) is 11.0. The van der Waals surface area contributed by atoms with Crippen LogP contribution in [0.5, 0.6) is 0 Å². The third-order valence-corrected chi connectivity index (χ3v) is 3.21. The molecule has 1 atom stereocenters. The van der Waals surface area contributed by atoms with E-state index < -0.39 is 0 Å². The molecule has 1 unspecified atom stereocenters. The maximum absolute atomic E-state index is 5.94. The highest BCUT2D eigenvalue weighted by Gasteiger charge is 2.28. The molecule has 2 aliphatic rings. The molecule has 0 aliphatic carbocycles. The lowest BCUT2D eigenvalue weighted by Gasteiger charge is -2.21. The van der Waals surface area contributed by atoms with Crippen molar-refractivity contribution in [3.8, 4) is 0 Å². The molecule has 0 aromatic heterocycles. The number of hydrogen-bond donors (Lipinski definition) is 0. The Morgan fingerprint density at radius 3 is 2.82 bits per heavy atom. The second kappa shape index (κ2) is 4.00. The van der Waals surface area contributed by atoms with E-state index in [2.05, 4.69) is 27.0 Å². The number of fused-ring (bicyclic) bond motifs is 1. The van der Waals surface area contributed by atoms with Gasteiger partial charge in [0.25, 0.3) is 0 Å². The number of hydrogen-bond acceptors (Lipinski definition) is 3. The molecular weight excluding hydrogens is 234 g/mol. The molecule has 0 bridgehead atoms. The lowest BCUT2D eigenvalue weighted by Crippen LogP contribution is -2.33. The predicted octanol–water partition coefficient (Wildman–Crippen LogP) is 2.95. The van der Waals surface area contributed by atoms with Gasteiger partial charge in [0.1, 0.15) is 16.8 Å². The SMILES string of the molecule is CC1=NC(Cl)=CC2=NC(c3ccccc3)CN12. The molecule has 0 spiro atoms. The Balaban J connectivity index is 1.94. The summed E-state index contributed by atoms with van der Waals surface area (Å²) in [6, 6.07) is 10.5. The second-order valence-corrected chi connectivity index (χ2v) is 4.54. The highest BCUT2D eigenvalue weighted by molar-refractivity contribution is 6.33. The van der Waals surface area contributed by atoms with Crippen LogP contribution in [0.4, 0.5) is 0 Å². The fourth-order valence-electron chi connectivity index (χ4n) is 2.16. The molecule has 0 amide bonds. The summed E-state index contributed by atoms with van der Waals surface area (Å²) >= 11 is 5.94. The standard InChI is InChI=1S/C13H12ClN3/c1-9-15-12(14)7-13-16-11(8-17(9)13)10-5-3-2-4-6-10/h2-7,11H,8H2,1H3. The number of aliphatic imine (C=N–C) groups is 2. The lowest BCUT2D eigenvalue weighted by molar-refractivity contribution is 0.586. The van der Waals surface area contributed by atoms with Gasteiger partial charge in [0.15, 0.2) is 0 Å². The van der Waals surface area contributed by atoms with Gasteiger partial charge in [-0.1, -0.05) is 41.9 Å². The number of nitrogens with zero attached hydrogens (tertiary/aromatic N) is 3. The molecule has 0 radical (unpaired) electrons. The summed E-state index contributed by atoms with van der Waals surface area (Å²) in [6.45, 7) is 2.80. The maximum Gasteiger partial charge on any atom is 0.134 e. The van der Waals surface area contributed by atoms with Gasteiger partial charge in [0, 0.05) is 6.08 Å². The van der Waals surface area contributed by atoms with Crippen molar-refractivity contribution < 1.29 is 0 Å². The summed E-state index contributed by atoms with van der Waals surface area (Å²) in [6.07, 6.45) is 1.82. The molecule has 0 N–H and O–H groups in total. The highest BCUT2D eigenvalue weighted by Crippen LogP contribution is 2.28. The van der Waals surface area contributed by atoms with Gasteiger partial charge in [0.2, 0.25) is 0 Å². The van der Waals surface area contributed by atoms with Crippen molar-refractivity contribution in [2.24, 2.45) is 9.98 Å². The minimum Gasteiger partial charge on any atom is -0.312 e. The zero-order valence-corrected chi connectivity index (χ0v) is 10.2. The van der Waals surface area contributed by atoms with Gasteiger partial charge in [-0.25, -0.2) is 4.99 Å². The lowest BCUT2D eigenvalue weighted by atomic mass is 10.1. The van der Waals surface area contributed by atoms with Gasteiger partial charge in [-0.3, -0.25) is 4.99 Å². The Morgan fingerprint density at radius 2 is 2.06 bits per heavy atom. The second-order valence-electron chi connectivity index (χ2n) is 4.15. The minimum atomic E-state index is 0.176. The molecule has 3 rings (SSSR count). The fraction of sp³-hybridized carbons (Fsp3) is 0.231. The van der Waals surface area contributed by atoms with Gasteiger partial charge >= 0.3 is 0 Å². The Labute approximate surface area is 105 Å². The zero-order chi connectivity index (χ0) is 11.8. The molecule has 2 aliphatic heterocycles. The van der Waals surface area contributed by atoms with Crippen molar-refractivity contribution in [2.75, 3.05) is 6.54 Å². The van der Waals surface area contributed by atoms with Gasteiger partial charge in [-0.2, -0.15) is 0 Å². The summed E-state index contributed by atoms with van der Waals surface area (Å²) in [7, 11) is 0. The van der Waals surface area contributed by atoms with Crippen molar-refractivity contribution in [3.05, 3.63) is 47.1 Å². The smallest absolute Gasteiger partial charge is 0.134 e. The molecule has 2 heterocycles. The van der Waals surface area contributed by atoms with E-state index in [0.717, 1.165) is 18.2 Å². The average Bonchev–Trinajstić information content (AvgIpc) is 2.74. The zero-order valence-electron chi connectivity index (χ0n) is 9.47. The van der Waals surface area contributed by atoms with E-state index >= 15 is 0 Å². The maximum atomic E-state index is 5.94. The van der Waals surface area contributed by atoms with Crippen molar-refractivity contribution in [1.29, 1.82) is 0 Å². The molecule has 3 nitrogen and oxygen atoms in total. The molecule has 1 aromatic carbocycles. The van der Waals surface area contributed by atoms with Crippen molar-refractivity contribution in [1.82, 2.24) is 4.90 Å². The molecule has 0 fully saturated rings. The molecule has 4 heteroatoms.